The van der Waals surface area contributed by atoms with Crippen LogP contribution in [0, 0.1) is 5.41 Å². The molecule has 0 radical (unpaired) electrons. The minimum Gasteiger partial charge on any atom is -0.509 e. The van der Waals surface area contributed by atoms with Crippen LogP contribution >= 0.6 is 23.2 Å². The van der Waals surface area contributed by atoms with Crippen molar-refractivity contribution in [2.45, 2.75) is 0 Å². The highest BCUT2D eigenvalue weighted by Gasteiger charge is 2.32. The number of fused-ring (bicyclic) bond motifs is 1. The van der Waals surface area contributed by atoms with Crippen LogP contribution in [0.15, 0.2) is 42.2 Å². The number of aromatic nitrogens is 2. The van der Waals surface area contributed by atoms with Gasteiger partial charge in [-0.15, -0.1) is 0 Å². The van der Waals surface area contributed by atoms with Gasteiger partial charge in [-0.3, -0.25) is 5.41 Å². The van der Waals surface area contributed by atoms with E-state index in [-0.39, 0.29) is 18.1 Å². The number of aromatic amines is 1. The van der Waals surface area contributed by atoms with E-state index in [4.69, 9.17) is 28.6 Å². The van der Waals surface area contributed by atoms with Crippen LogP contribution in [0.3, 0.4) is 0 Å². The molecule has 0 atom stereocenters. The summed E-state index contributed by atoms with van der Waals surface area (Å²) in [5, 5.41) is 20.1. The summed E-state index contributed by atoms with van der Waals surface area (Å²) in [7, 11) is 2.14. The topological polar surface area (TPSA) is 82.5 Å². The Balaban J connectivity index is 1.45. The first-order chi connectivity index (χ1) is 14.9. The maximum Gasteiger partial charge on any atom is 0.145 e. The Kier molecular flexibility index (Phi) is 5.04. The molecule has 160 valence electrons. The number of anilines is 2. The maximum atomic E-state index is 10.7. The Labute approximate surface area is 190 Å². The first-order valence-corrected chi connectivity index (χ1v) is 10.8. The van der Waals surface area contributed by atoms with Crippen molar-refractivity contribution in [1.29, 1.82) is 5.41 Å². The van der Waals surface area contributed by atoms with Crippen molar-refractivity contribution in [2.75, 3.05) is 49.6 Å². The number of rotatable bonds is 3. The molecule has 5 rings (SSSR count). The molecule has 2 aliphatic rings. The molecule has 2 aliphatic heterocycles. The van der Waals surface area contributed by atoms with Crippen LogP contribution in [0.4, 0.5) is 11.4 Å². The number of hydrogen-bond donors (Lipinski definition) is 3. The summed E-state index contributed by atoms with van der Waals surface area (Å²) in [5.41, 5.74) is 3.75. The van der Waals surface area contributed by atoms with Crippen LogP contribution in [0.25, 0.3) is 16.6 Å². The SMILES string of the molecule is CN1CCN(c2ccc3nc(C4=C(O)CN(c5cccc(Cl)c5Cl)C4=N)[nH]c3c2)CC1. The molecule has 0 amide bonds. The smallest absolute Gasteiger partial charge is 0.145 e. The molecule has 0 unspecified atom stereocenters. The normalized spacial score (nSPS) is 18.0. The van der Waals surface area contributed by atoms with Gasteiger partial charge in [0.25, 0.3) is 0 Å². The number of hydrogen-bond acceptors (Lipinski definition) is 5. The number of likely N-dealkylation sites (N-methyl/N-ethyl adjacent to an activating group) is 1. The number of amidine groups is 1. The monoisotopic (exact) mass is 456 g/mol. The molecule has 7 nitrogen and oxygen atoms in total. The van der Waals surface area contributed by atoms with Crippen molar-refractivity contribution in [3.63, 3.8) is 0 Å². The molecule has 9 heteroatoms. The highest BCUT2D eigenvalue weighted by atomic mass is 35.5. The predicted octanol–water partition coefficient (Wildman–Crippen LogP) is 4.39. The van der Waals surface area contributed by atoms with Gasteiger partial charge in [-0.2, -0.15) is 0 Å². The third kappa shape index (κ3) is 3.52. The number of benzene rings is 2. The highest BCUT2D eigenvalue weighted by molar-refractivity contribution is 6.44. The largest absolute Gasteiger partial charge is 0.509 e. The molecule has 1 saturated heterocycles. The van der Waals surface area contributed by atoms with Gasteiger partial charge in [0.05, 0.1) is 38.9 Å². The molecule has 31 heavy (non-hydrogen) atoms. The van der Waals surface area contributed by atoms with E-state index >= 15 is 0 Å². The maximum absolute atomic E-state index is 10.7. The van der Waals surface area contributed by atoms with Gasteiger partial charge in [0, 0.05) is 31.9 Å². The summed E-state index contributed by atoms with van der Waals surface area (Å²) in [5.74, 6) is 0.660. The average Bonchev–Trinajstić information content (AvgIpc) is 3.29. The van der Waals surface area contributed by atoms with Crippen molar-refractivity contribution in [3.05, 3.63) is 58.0 Å². The molecule has 0 saturated carbocycles. The van der Waals surface area contributed by atoms with Crippen LogP contribution < -0.4 is 9.80 Å². The number of nitrogens with zero attached hydrogens (tertiary/aromatic N) is 4. The van der Waals surface area contributed by atoms with E-state index in [0.717, 1.165) is 42.9 Å². The Morgan fingerprint density at radius 3 is 2.65 bits per heavy atom. The van der Waals surface area contributed by atoms with E-state index in [9.17, 15) is 5.11 Å². The number of piperazine rings is 1. The van der Waals surface area contributed by atoms with E-state index in [1.165, 1.54) is 0 Å². The summed E-state index contributed by atoms with van der Waals surface area (Å²) in [6.07, 6.45) is 0. The van der Waals surface area contributed by atoms with Gasteiger partial charge in [0.15, 0.2) is 0 Å². The van der Waals surface area contributed by atoms with Gasteiger partial charge in [0.1, 0.15) is 17.4 Å². The molecule has 3 N–H and O–H groups in total. The zero-order valence-corrected chi connectivity index (χ0v) is 18.5. The summed E-state index contributed by atoms with van der Waals surface area (Å²) < 4.78 is 0. The molecule has 1 fully saturated rings. The van der Waals surface area contributed by atoms with E-state index in [1.807, 2.05) is 6.07 Å². The average molecular weight is 457 g/mol. The molecule has 2 aromatic carbocycles. The van der Waals surface area contributed by atoms with Gasteiger partial charge in [0.2, 0.25) is 0 Å². The number of nitrogens with one attached hydrogen (secondary N) is 2. The summed E-state index contributed by atoms with van der Waals surface area (Å²) in [6.45, 7) is 4.17. The lowest BCUT2D eigenvalue weighted by Gasteiger charge is -2.34. The first-order valence-electron chi connectivity index (χ1n) is 10.1. The second-order valence-electron chi connectivity index (χ2n) is 7.91. The third-order valence-electron chi connectivity index (χ3n) is 5.90. The lowest BCUT2D eigenvalue weighted by atomic mass is 10.2. The fourth-order valence-electron chi connectivity index (χ4n) is 4.11. The Bertz CT molecular complexity index is 1210. The Hall–Kier alpha value is -2.74. The van der Waals surface area contributed by atoms with Gasteiger partial charge in [-0.05, 0) is 37.4 Å². The molecule has 3 heterocycles. The summed E-state index contributed by atoms with van der Waals surface area (Å²) in [4.78, 5) is 14.2. The standard InChI is InChI=1S/C22H22Cl2N6O/c1-28-7-9-29(10-8-28)13-5-6-15-16(11-13)27-22(26-15)19-18(31)12-30(21(19)25)17-4-2-3-14(23)20(17)24/h2-6,11,25,31H,7-10,12H2,1H3,(H,26,27). The van der Waals surface area contributed by atoms with Gasteiger partial charge in [-0.1, -0.05) is 29.3 Å². The number of aliphatic hydroxyl groups is 1. The van der Waals surface area contributed by atoms with Crippen molar-refractivity contribution in [1.82, 2.24) is 14.9 Å². The van der Waals surface area contributed by atoms with E-state index in [2.05, 4.69) is 38.9 Å². The zero-order valence-electron chi connectivity index (χ0n) is 17.0. The van der Waals surface area contributed by atoms with E-state index < -0.39 is 0 Å². The zero-order chi connectivity index (χ0) is 21.7. The minimum atomic E-state index is 0.0689. The van der Waals surface area contributed by atoms with Crippen LogP contribution in [0.5, 0.6) is 0 Å². The molecular weight excluding hydrogens is 435 g/mol. The lowest BCUT2D eigenvalue weighted by Crippen LogP contribution is -2.44. The van der Waals surface area contributed by atoms with Gasteiger partial charge < -0.3 is 24.8 Å². The first kappa shape index (κ1) is 20.2. The second kappa shape index (κ2) is 7.75. The van der Waals surface area contributed by atoms with Crippen LogP contribution in [-0.2, 0) is 0 Å². The van der Waals surface area contributed by atoms with E-state index in [1.54, 1.807) is 23.1 Å². The summed E-state index contributed by atoms with van der Waals surface area (Å²) >= 11 is 12.5. The van der Waals surface area contributed by atoms with Crippen molar-refractivity contribution in [3.8, 4) is 0 Å². The second-order valence-corrected chi connectivity index (χ2v) is 8.69. The predicted molar refractivity (Wildman–Crippen MR) is 127 cm³/mol. The molecule has 0 spiro atoms. The van der Waals surface area contributed by atoms with E-state index in [0.29, 0.717) is 27.1 Å². The number of H-pyrrole nitrogens is 1. The van der Waals surface area contributed by atoms with Crippen molar-refractivity contribution >= 4 is 57.0 Å². The fourth-order valence-corrected chi connectivity index (χ4v) is 4.51. The third-order valence-corrected chi connectivity index (χ3v) is 6.70. The fraction of sp³-hybridized carbons (Fsp3) is 0.273. The van der Waals surface area contributed by atoms with Crippen LogP contribution in [-0.4, -0.2) is 65.6 Å². The van der Waals surface area contributed by atoms with Crippen molar-refractivity contribution in [2.24, 2.45) is 0 Å². The molecule has 1 aromatic heterocycles. The van der Waals surface area contributed by atoms with Crippen LogP contribution in [0.1, 0.15) is 5.82 Å². The van der Waals surface area contributed by atoms with Gasteiger partial charge in [-0.25, -0.2) is 4.98 Å². The number of imidazole rings is 1. The quantitative estimate of drug-likeness (QED) is 0.544. The van der Waals surface area contributed by atoms with Crippen LogP contribution in [0.2, 0.25) is 10.0 Å². The van der Waals surface area contributed by atoms with Gasteiger partial charge >= 0.3 is 0 Å². The molecule has 0 aliphatic carbocycles. The number of aliphatic hydroxyl groups excluding tert-OH is 1. The minimum absolute atomic E-state index is 0.0689. The number of halogens is 2. The highest BCUT2D eigenvalue weighted by Crippen LogP contribution is 2.37. The Morgan fingerprint density at radius 1 is 1.10 bits per heavy atom. The Morgan fingerprint density at radius 2 is 1.87 bits per heavy atom. The lowest BCUT2D eigenvalue weighted by molar-refractivity contribution is 0.313. The van der Waals surface area contributed by atoms with Crippen molar-refractivity contribution < 1.29 is 5.11 Å². The summed E-state index contributed by atoms with van der Waals surface area (Å²) in [6, 6.07) is 11.4. The molecule has 0 bridgehead atoms. The molecule has 3 aromatic rings. The molecular formula is C22H22Cl2N6O.